The van der Waals surface area contributed by atoms with Crippen LogP contribution in [-0.2, 0) is 11.2 Å². The van der Waals surface area contributed by atoms with Crippen molar-refractivity contribution in [3.05, 3.63) is 54.1 Å². The minimum Gasteiger partial charge on any atom is -0.497 e. The van der Waals surface area contributed by atoms with Crippen molar-refractivity contribution in [2.24, 2.45) is 0 Å². The Morgan fingerprint density at radius 3 is 2.63 bits per heavy atom. The number of para-hydroxylation sites is 1. The van der Waals surface area contributed by atoms with Crippen LogP contribution in [0.3, 0.4) is 0 Å². The number of carbonyl (C=O) groups excluding carboxylic acids is 1. The summed E-state index contributed by atoms with van der Waals surface area (Å²) >= 11 is 0. The van der Waals surface area contributed by atoms with Crippen molar-refractivity contribution >= 4 is 11.6 Å². The number of amides is 1. The van der Waals surface area contributed by atoms with Gasteiger partial charge < -0.3 is 19.7 Å². The van der Waals surface area contributed by atoms with E-state index in [0.29, 0.717) is 6.67 Å². The van der Waals surface area contributed by atoms with Crippen LogP contribution in [0.2, 0.25) is 0 Å². The molecule has 1 spiro atoms. The molecule has 6 nitrogen and oxygen atoms in total. The van der Waals surface area contributed by atoms with E-state index < -0.39 is 5.54 Å². The number of nitrogens with zero attached hydrogens (tertiary/aromatic N) is 2. The molecule has 3 aliphatic heterocycles. The predicted molar refractivity (Wildman–Crippen MR) is 116 cm³/mol. The van der Waals surface area contributed by atoms with Crippen LogP contribution in [-0.4, -0.2) is 55.4 Å². The molecule has 6 heteroatoms. The summed E-state index contributed by atoms with van der Waals surface area (Å²) in [6, 6.07) is 16.3. The van der Waals surface area contributed by atoms with Crippen LogP contribution in [0.5, 0.6) is 11.5 Å². The standard InChI is InChI=1S/C24H29N3O3/c1-23(15-18-14-20(29-2)8-9-21(18)30-23)16-26-12-10-24(11-13-26)22(28)25-17-27(24)19-6-4-3-5-7-19/h3-9,14H,10-13,15-17H2,1-2H3,(H,25,28). The highest BCUT2D eigenvalue weighted by Gasteiger charge is 2.51. The number of carbonyl (C=O) groups is 1. The average Bonchev–Trinajstić information content (AvgIpc) is 3.26. The topological polar surface area (TPSA) is 54.0 Å². The predicted octanol–water partition coefficient (Wildman–Crippen LogP) is 2.82. The van der Waals surface area contributed by atoms with E-state index in [4.69, 9.17) is 9.47 Å². The summed E-state index contributed by atoms with van der Waals surface area (Å²) in [7, 11) is 1.69. The van der Waals surface area contributed by atoms with Gasteiger partial charge in [0.15, 0.2) is 0 Å². The molecular weight excluding hydrogens is 378 g/mol. The molecule has 2 saturated heterocycles. The highest BCUT2D eigenvalue weighted by Crippen LogP contribution is 2.40. The number of ether oxygens (including phenoxy) is 2. The second-order valence-corrected chi connectivity index (χ2v) is 8.94. The van der Waals surface area contributed by atoms with Gasteiger partial charge in [-0.05, 0) is 50.1 Å². The molecule has 2 aromatic carbocycles. The third kappa shape index (κ3) is 3.19. The van der Waals surface area contributed by atoms with Crippen LogP contribution in [0, 0.1) is 0 Å². The number of fused-ring (bicyclic) bond motifs is 1. The molecule has 1 unspecified atom stereocenters. The highest BCUT2D eigenvalue weighted by molar-refractivity contribution is 5.93. The van der Waals surface area contributed by atoms with Crippen LogP contribution < -0.4 is 19.7 Å². The van der Waals surface area contributed by atoms with E-state index in [1.165, 1.54) is 5.56 Å². The van der Waals surface area contributed by atoms with Crippen LogP contribution in [0.1, 0.15) is 25.3 Å². The van der Waals surface area contributed by atoms with Crippen molar-refractivity contribution in [2.45, 2.75) is 37.3 Å². The Morgan fingerprint density at radius 2 is 1.90 bits per heavy atom. The van der Waals surface area contributed by atoms with Crippen LogP contribution in [0.4, 0.5) is 5.69 Å². The number of piperidine rings is 1. The maximum Gasteiger partial charge on any atom is 0.247 e. The molecule has 0 bridgehead atoms. The van der Waals surface area contributed by atoms with Crippen molar-refractivity contribution < 1.29 is 14.3 Å². The third-order valence-corrected chi connectivity index (χ3v) is 6.83. The Hall–Kier alpha value is -2.73. The molecule has 2 fully saturated rings. The van der Waals surface area contributed by atoms with Gasteiger partial charge in [0.25, 0.3) is 0 Å². The lowest BCUT2D eigenvalue weighted by molar-refractivity contribution is -0.125. The van der Waals surface area contributed by atoms with E-state index in [1.807, 2.05) is 30.3 Å². The van der Waals surface area contributed by atoms with Crippen LogP contribution in [0.15, 0.2) is 48.5 Å². The maximum atomic E-state index is 12.9. The minimum absolute atomic E-state index is 0.161. The van der Waals surface area contributed by atoms with Crippen molar-refractivity contribution in [1.29, 1.82) is 0 Å². The fraction of sp³-hybridized carbons (Fsp3) is 0.458. The van der Waals surface area contributed by atoms with Crippen molar-refractivity contribution in [2.75, 3.05) is 38.3 Å². The minimum atomic E-state index is -0.439. The second-order valence-electron chi connectivity index (χ2n) is 8.94. The van der Waals surface area contributed by atoms with E-state index in [-0.39, 0.29) is 11.5 Å². The van der Waals surface area contributed by atoms with Gasteiger partial charge in [0.1, 0.15) is 22.6 Å². The molecule has 0 aromatic heterocycles. The molecule has 0 saturated carbocycles. The number of nitrogens with one attached hydrogen (secondary N) is 1. The summed E-state index contributed by atoms with van der Waals surface area (Å²) in [5.74, 6) is 1.99. The van der Waals surface area contributed by atoms with Gasteiger partial charge >= 0.3 is 0 Å². The molecular formula is C24H29N3O3. The first-order valence-electron chi connectivity index (χ1n) is 10.7. The second kappa shape index (κ2) is 7.20. The SMILES string of the molecule is COc1ccc2c(c1)CC(C)(CN1CCC3(CC1)C(=O)NCN3c1ccccc1)O2. The van der Waals surface area contributed by atoms with E-state index >= 15 is 0 Å². The number of likely N-dealkylation sites (tertiary alicyclic amines) is 1. The Bertz CT molecular complexity index is 940. The molecule has 3 heterocycles. The fourth-order valence-corrected chi connectivity index (χ4v) is 5.30. The quantitative estimate of drug-likeness (QED) is 0.845. The number of hydrogen-bond acceptors (Lipinski definition) is 5. The molecule has 1 amide bonds. The Labute approximate surface area is 177 Å². The first-order valence-corrected chi connectivity index (χ1v) is 10.7. The molecule has 158 valence electrons. The summed E-state index contributed by atoms with van der Waals surface area (Å²) < 4.78 is 11.7. The number of hydrogen-bond donors (Lipinski definition) is 1. The van der Waals surface area contributed by atoms with Crippen molar-refractivity contribution in [1.82, 2.24) is 10.2 Å². The zero-order valence-corrected chi connectivity index (χ0v) is 17.7. The normalized spacial score (nSPS) is 25.1. The van der Waals surface area contributed by atoms with Gasteiger partial charge in [0.2, 0.25) is 5.91 Å². The molecule has 0 aliphatic carbocycles. The van der Waals surface area contributed by atoms with Gasteiger partial charge in [-0.25, -0.2) is 0 Å². The summed E-state index contributed by atoms with van der Waals surface area (Å²) in [6.07, 6.45) is 2.52. The number of benzene rings is 2. The van der Waals surface area contributed by atoms with E-state index in [9.17, 15) is 4.79 Å². The largest absolute Gasteiger partial charge is 0.497 e. The average molecular weight is 408 g/mol. The summed E-state index contributed by atoms with van der Waals surface area (Å²) in [6.45, 7) is 5.39. The number of anilines is 1. The van der Waals surface area contributed by atoms with E-state index in [1.54, 1.807) is 7.11 Å². The summed E-state index contributed by atoms with van der Waals surface area (Å²) in [4.78, 5) is 17.6. The molecule has 2 aromatic rings. The molecule has 1 N–H and O–H groups in total. The lowest BCUT2D eigenvalue weighted by atomic mass is 9.85. The van der Waals surface area contributed by atoms with Gasteiger partial charge in [0.05, 0.1) is 13.8 Å². The fourth-order valence-electron chi connectivity index (χ4n) is 5.30. The molecule has 3 aliphatic rings. The Kier molecular flexibility index (Phi) is 4.62. The molecule has 30 heavy (non-hydrogen) atoms. The monoisotopic (exact) mass is 407 g/mol. The highest BCUT2D eigenvalue weighted by atomic mass is 16.5. The number of rotatable bonds is 4. The van der Waals surface area contributed by atoms with Crippen molar-refractivity contribution in [3.63, 3.8) is 0 Å². The molecule has 0 radical (unpaired) electrons. The number of methoxy groups -OCH3 is 1. The smallest absolute Gasteiger partial charge is 0.247 e. The van der Waals surface area contributed by atoms with Gasteiger partial charge in [0, 0.05) is 37.3 Å². The first-order chi connectivity index (χ1) is 14.5. The first kappa shape index (κ1) is 19.2. The van der Waals surface area contributed by atoms with E-state index in [0.717, 1.165) is 56.1 Å². The zero-order chi connectivity index (χ0) is 20.8. The molecule has 5 rings (SSSR count). The zero-order valence-electron chi connectivity index (χ0n) is 17.7. The van der Waals surface area contributed by atoms with Gasteiger partial charge in [-0.1, -0.05) is 18.2 Å². The van der Waals surface area contributed by atoms with Gasteiger partial charge in [-0.2, -0.15) is 0 Å². The summed E-state index contributed by atoms with van der Waals surface area (Å²) in [5.41, 5.74) is 1.62. The van der Waals surface area contributed by atoms with Crippen molar-refractivity contribution in [3.8, 4) is 11.5 Å². The molecule has 1 atom stereocenters. The third-order valence-electron chi connectivity index (χ3n) is 6.83. The lowest BCUT2D eigenvalue weighted by Gasteiger charge is -2.44. The Balaban J connectivity index is 1.26. The summed E-state index contributed by atoms with van der Waals surface area (Å²) in [5, 5.41) is 3.08. The lowest BCUT2D eigenvalue weighted by Crippen LogP contribution is -2.58. The maximum absolute atomic E-state index is 12.9. The van der Waals surface area contributed by atoms with Gasteiger partial charge in [-0.3, -0.25) is 9.69 Å². The van der Waals surface area contributed by atoms with E-state index in [2.05, 4.69) is 40.2 Å². The van der Waals surface area contributed by atoms with Crippen LogP contribution in [0.25, 0.3) is 0 Å². The Morgan fingerprint density at radius 1 is 1.13 bits per heavy atom. The van der Waals surface area contributed by atoms with Gasteiger partial charge in [-0.15, -0.1) is 0 Å². The van der Waals surface area contributed by atoms with Crippen LogP contribution >= 0.6 is 0 Å².